The standard InChI is InChI=1S/C14H7ClF2N2/c15-9-7-12(11-3-1-2-4-18-11)19-13-6-8(16)5-10(17)14(9)13/h1-7H. The van der Waals surface area contributed by atoms with Crippen LogP contribution in [0.2, 0.25) is 5.02 Å². The summed E-state index contributed by atoms with van der Waals surface area (Å²) < 4.78 is 26.9. The number of fused-ring (bicyclic) bond motifs is 1. The van der Waals surface area contributed by atoms with Gasteiger partial charge in [-0.1, -0.05) is 17.7 Å². The molecule has 0 aliphatic carbocycles. The highest BCUT2D eigenvalue weighted by molar-refractivity contribution is 6.35. The molecule has 5 heteroatoms. The number of benzene rings is 1. The van der Waals surface area contributed by atoms with E-state index in [4.69, 9.17) is 11.6 Å². The van der Waals surface area contributed by atoms with Gasteiger partial charge in [-0.2, -0.15) is 0 Å². The lowest BCUT2D eigenvalue weighted by Crippen LogP contribution is -1.92. The van der Waals surface area contributed by atoms with Gasteiger partial charge >= 0.3 is 0 Å². The fraction of sp³-hybridized carbons (Fsp3) is 0. The van der Waals surface area contributed by atoms with E-state index in [1.807, 2.05) is 0 Å². The second-order valence-electron chi connectivity index (χ2n) is 3.99. The van der Waals surface area contributed by atoms with Gasteiger partial charge in [0.25, 0.3) is 0 Å². The van der Waals surface area contributed by atoms with E-state index in [9.17, 15) is 8.78 Å². The highest BCUT2D eigenvalue weighted by atomic mass is 35.5. The Balaban J connectivity index is 2.31. The van der Waals surface area contributed by atoms with Crippen molar-refractivity contribution in [1.82, 2.24) is 9.97 Å². The van der Waals surface area contributed by atoms with E-state index >= 15 is 0 Å². The molecule has 3 aromatic rings. The van der Waals surface area contributed by atoms with Crippen LogP contribution in [0.3, 0.4) is 0 Å². The van der Waals surface area contributed by atoms with E-state index in [2.05, 4.69) is 9.97 Å². The topological polar surface area (TPSA) is 25.8 Å². The molecule has 0 saturated carbocycles. The molecule has 19 heavy (non-hydrogen) atoms. The quantitative estimate of drug-likeness (QED) is 0.665. The fourth-order valence-corrected chi connectivity index (χ4v) is 2.17. The summed E-state index contributed by atoms with van der Waals surface area (Å²) in [6.07, 6.45) is 1.61. The van der Waals surface area contributed by atoms with Crippen LogP contribution >= 0.6 is 11.6 Å². The molecule has 0 radical (unpaired) electrons. The fourth-order valence-electron chi connectivity index (χ4n) is 1.88. The highest BCUT2D eigenvalue weighted by Crippen LogP contribution is 2.29. The second kappa shape index (κ2) is 4.55. The molecule has 0 unspecified atom stereocenters. The third-order valence-electron chi connectivity index (χ3n) is 2.70. The first kappa shape index (κ1) is 12.0. The van der Waals surface area contributed by atoms with Gasteiger partial charge in [0.1, 0.15) is 11.6 Å². The average Bonchev–Trinajstić information content (AvgIpc) is 2.38. The lowest BCUT2D eigenvalue weighted by atomic mass is 10.1. The van der Waals surface area contributed by atoms with E-state index in [0.717, 1.165) is 12.1 Å². The number of rotatable bonds is 1. The Kier molecular flexibility index (Phi) is 2.87. The van der Waals surface area contributed by atoms with Gasteiger partial charge in [0.05, 0.1) is 27.3 Å². The Morgan fingerprint density at radius 3 is 2.58 bits per heavy atom. The maximum atomic E-state index is 13.7. The van der Waals surface area contributed by atoms with Crippen LogP contribution in [0.25, 0.3) is 22.3 Å². The van der Waals surface area contributed by atoms with Gasteiger partial charge in [-0.05, 0) is 18.2 Å². The van der Waals surface area contributed by atoms with Crippen LogP contribution in [0.1, 0.15) is 0 Å². The highest BCUT2D eigenvalue weighted by Gasteiger charge is 2.12. The van der Waals surface area contributed by atoms with Crippen molar-refractivity contribution in [2.75, 3.05) is 0 Å². The van der Waals surface area contributed by atoms with Crippen molar-refractivity contribution < 1.29 is 8.78 Å². The Morgan fingerprint density at radius 2 is 1.84 bits per heavy atom. The SMILES string of the molecule is Fc1cc(F)c2c(Cl)cc(-c3ccccn3)nc2c1. The molecule has 94 valence electrons. The van der Waals surface area contributed by atoms with Gasteiger partial charge < -0.3 is 0 Å². The number of hydrogen-bond acceptors (Lipinski definition) is 2. The maximum Gasteiger partial charge on any atom is 0.137 e. The zero-order valence-electron chi connectivity index (χ0n) is 9.57. The minimum atomic E-state index is -0.722. The Hall–Kier alpha value is -2.07. The van der Waals surface area contributed by atoms with Gasteiger partial charge in [-0.3, -0.25) is 4.98 Å². The summed E-state index contributed by atoms with van der Waals surface area (Å²) in [7, 11) is 0. The predicted molar refractivity (Wildman–Crippen MR) is 69.9 cm³/mol. The summed E-state index contributed by atoms with van der Waals surface area (Å²) in [4.78, 5) is 8.33. The van der Waals surface area contributed by atoms with E-state index in [1.165, 1.54) is 6.07 Å². The Bertz CT molecular complexity index is 760. The maximum absolute atomic E-state index is 13.7. The smallest absolute Gasteiger partial charge is 0.137 e. The Morgan fingerprint density at radius 1 is 1.00 bits per heavy atom. The molecule has 0 saturated heterocycles. The van der Waals surface area contributed by atoms with E-state index in [-0.39, 0.29) is 15.9 Å². The number of hydrogen-bond donors (Lipinski definition) is 0. The molecule has 2 nitrogen and oxygen atoms in total. The predicted octanol–water partition coefficient (Wildman–Crippen LogP) is 4.23. The lowest BCUT2D eigenvalue weighted by Gasteiger charge is -2.06. The van der Waals surface area contributed by atoms with Crippen LogP contribution in [0.4, 0.5) is 8.78 Å². The van der Waals surface area contributed by atoms with Crippen LogP contribution in [0.5, 0.6) is 0 Å². The summed E-state index contributed by atoms with van der Waals surface area (Å²) in [6, 6.07) is 8.78. The zero-order chi connectivity index (χ0) is 13.4. The van der Waals surface area contributed by atoms with Crippen LogP contribution in [-0.4, -0.2) is 9.97 Å². The van der Waals surface area contributed by atoms with Crippen molar-refractivity contribution in [3.63, 3.8) is 0 Å². The Labute approximate surface area is 112 Å². The number of nitrogens with zero attached hydrogens (tertiary/aromatic N) is 2. The molecule has 0 aliphatic heterocycles. The normalized spacial score (nSPS) is 10.9. The first-order chi connectivity index (χ1) is 9.15. The molecule has 0 spiro atoms. The molecule has 0 N–H and O–H groups in total. The molecule has 2 heterocycles. The third kappa shape index (κ3) is 2.15. The summed E-state index contributed by atoms with van der Waals surface area (Å²) in [5, 5.41) is 0.297. The van der Waals surface area contributed by atoms with Crippen LogP contribution in [0.15, 0.2) is 42.6 Å². The van der Waals surface area contributed by atoms with Crippen LogP contribution < -0.4 is 0 Å². The van der Waals surface area contributed by atoms with Crippen molar-refractivity contribution in [1.29, 1.82) is 0 Å². The largest absolute Gasteiger partial charge is 0.255 e. The van der Waals surface area contributed by atoms with E-state index < -0.39 is 11.6 Å². The summed E-state index contributed by atoms with van der Waals surface area (Å²) in [5.41, 5.74) is 1.24. The minimum Gasteiger partial charge on any atom is -0.255 e. The van der Waals surface area contributed by atoms with Gasteiger partial charge in [0.2, 0.25) is 0 Å². The van der Waals surface area contributed by atoms with Crippen molar-refractivity contribution in [3.8, 4) is 11.4 Å². The number of aromatic nitrogens is 2. The number of halogens is 3. The second-order valence-corrected chi connectivity index (χ2v) is 4.39. The lowest BCUT2D eigenvalue weighted by molar-refractivity contribution is 0.591. The summed E-state index contributed by atoms with van der Waals surface area (Å²) in [6.45, 7) is 0. The van der Waals surface area contributed by atoms with Crippen molar-refractivity contribution >= 4 is 22.5 Å². The van der Waals surface area contributed by atoms with Gasteiger partial charge in [0, 0.05) is 18.3 Å². The monoisotopic (exact) mass is 276 g/mol. The minimum absolute atomic E-state index is 0.114. The molecule has 0 fully saturated rings. The first-order valence-corrected chi connectivity index (χ1v) is 5.89. The van der Waals surface area contributed by atoms with Crippen molar-refractivity contribution in [3.05, 3.63) is 59.3 Å². The zero-order valence-corrected chi connectivity index (χ0v) is 10.3. The summed E-state index contributed by atoms with van der Waals surface area (Å²) in [5.74, 6) is -1.41. The summed E-state index contributed by atoms with van der Waals surface area (Å²) >= 11 is 6.04. The first-order valence-electron chi connectivity index (χ1n) is 5.52. The molecule has 2 aromatic heterocycles. The van der Waals surface area contributed by atoms with Crippen LogP contribution in [-0.2, 0) is 0 Å². The molecular formula is C14H7ClF2N2. The number of pyridine rings is 2. The molecule has 3 rings (SSSR count). The average molecular weight is 277 g/mol. The molecule has 0 bridgehead atoms. The molecule has 1 aromatic carbocycles. The van der Waals surface area contributed by atoms with E-state index in [1.54, 1.807) is 24.4 Å². The van der Waals surface area contributed by atoms with Crippen LogP contribution in [0, 0.1) is 11.6 Å². The molecular weight excluding hydrogens is 270 g/mol. The van der Waals surface area contributed by atoms with Crippen molar-refractivity contribution in [2.24, 2.45) is 0 Å². The molecule has 0 atom stereocenters. The molecule has 0 aliphatic rings. The van der Waals surface area contributed by atoms with Gasteiger partial charge in [-0.15, -0.1) is 0 Å². The van der Waals surface area contributed by atoms with Crippen molar-refractivity contribution in [2.45, 2.75) is 0 Å². The van der Waals surface area contributed by atoms with Gasteiger partial charge in [0.15, 0.2) is 0 Å². The molecule has 0 amide bonds. The van der Waals surface area contributed by atoms with E-state index in [0.29, 0.717) is 11.4 Å². The third-order valence-corrected chi connectivity index (χ3v) is 3.00. The van der Waals surface area contributed by atoms with Gasteiger partial charge in [-0.25, -0.2) is 13.8 Å².